The van der Waals surface area contributed by atoms with Gasteiger partial charge < -0.3 is 8.83 Å². The Morgan fingerprint density at radius 1 is 0.182 bits per heavy atom. The molecule has 0 saturated heterocycles. The summed E-state index contributed by atoms with van der Waals surface area (Å²) in [6.07, 6.45) is 12.7. The normalized spacial score (nSPS) is 14.3. The number of para-hydroxylation sites is 2. The molecular weight excluding hydrogens is 1340 g/mol. The van der Waals surface area contributed by atoms with E-state index in [2.05, 4.69) is 267 Å². The van der Waals surface area contributed by atoms with Crippen LogP contribution in [0.1, 0.15) is 86.5 Å². The van der Waals surface area contributed by atoms with Crippen molar-refractivity contribution in [3.63, 3.8) is 0 Å². The molecular formula is C102H74N6O2. The summed E-state index contributed by atoms with van der Waals surface area (Å²) in [5.41, 5.74) is 30.0. The van der Waals surface area contributed by atoms with Gasteiger partial charge in [0.2, 0.25) is 0 Å². The van der Waals surface area contributed by atoms with Gasteiger partial charge in [-0.2, -0.15) is 0 Å². The molecule has 8 heteroatoms. The zero-order valence-electron chi connectivity index (χ0n) is 60.7. The molecule has 2 spiro atoms. The lowest BCUT2D eigenvalue weighted by Gasteiger charge is -2.36. The Bertz CT molecular complexity index is 6620. The molecule has 0 bridgehead atoms. The van der Waals surface area contributed by atoms with Gasteiger partial charge in [0.05, 0.1) is 0 Å². The standard InChI is InChI=1S/2C51H37N3O/c1-3-13-33(14-4-1)34-15-11-17-37(29-34)48-52-49(54-50(53-48)39-23-25-42-41-20-6-8-22-46(41)55-47(42)32-39)38-18-12-16-35(30-38)36-24-26-45-43(31-36)40-19-5-7-21-44(40)51(45)27-9-2-10-28-51;1-3-12-33(13-4-1)34-20-22-35(23-21-34)48-52-49(54-50(53-48)39-25-27-47-43(32-39)41-17-6-8-19-46(41)55-47)38-15-11-14-36(30-38)37-24-26-45-42(31-37)40-16-5-7-18-44(40)51(45)28-9-2-10-29-51/h1,3-8,11-26,29-32H,2,9-10,27-28H2;1,3-8,11-27,30-32H,2,9-10,28-29H2. The zero-order chi connectivity index (χ0) is 72.7. The average Bonchev–Trinajstić information content (AvgIpc) is 1.57. The van der Waals surface area contributed by atoms with E-state index in [1.54, 1.807) is 0 Å². The van der Waals surface area contributed by atoms with Crippen LogP contribution < -0.4 is 0 Å². The van der Waals surface area contributed by atoms with Crippen molar-refractivity contribution in [3.8, 4) is 135 Å². The van der Waals surface area contributed by atoms with Crippen LogP contribution in [0.15, 0.2) is 336 Å². The highest BCUT2D eigenvalue weighted by Crippen LogP contribution is 2.58. The van der Waals surface area contributed by atoms with Crippen LogP contribution in [0, 0.1) is 0 Å². The van der Waals surface area contributed by atoms with Crippen molar-refractivity contribution in [1.82, 2.24) is 29.9 Å². The fraction of sp³-hybridized carbons (Fsp3) is 0.118. The van der Waals surface area contributed by atoms with Gasteiger partial charge in [-0.25, -0.2) is 29.9 Å². The Morgan fingerprint density at radius 3 is 1.00 bits per heavy atom. The first-order valence-electron chi connectivity index (χ1n) is 38.8. The summed E-state index contributed by atoms with van der Waals surface area (Å²) in [5, 5.41) is 4.28. The molecule has 0 unspecified atom stereocenters. The molecule has 8 nitrogen and oxygen atoms in total. The van der Waals surface area contributed by atoms with E-state index in [4.69, 9.17) is 38.7 Å². The molecule has 22 rings (SSSR count). The van der Waals surface area contributed by atoms with E-state index < -0.39 is 0 Å². The molecule has 14 aromatic carbocycles. The number of hydrogen-bond acceptors (Lipinski definition) is 8. The Labute approximate surface area is 638 Å². The summed E-state index contributed by atoms with van der Waals surface area (Å²) in [6.45, 7) is 0. The van der Waals surface area contributed by atoms with Gasteiger partial charge in [-0.05, 0) is 187 Å². The fourth-order valence-corrected chi connectivity index (χ4v) is 18.5. The average molecular weight is 1420 g/mol. The number of hydrogen-bond donors (Lipinski definition) is 0. The van der Waals surface area contributed by atoms with Gasteiger partial charge in [0, 0.05) is 65.8 Å². The minimum Gasteiger partial charge on any atom is -0.456 e. The van der Waals surface area contributed by atoms with E-state index >= 15 is 0 Å². The highest BCUT2D eigenvalue weighted by atomic mass is 16.3. The maximum Gasteiger partial charge on any atom is 0.164 e. The Morgan fingerprint density at radius 2 is 0.491 bits per heavy atom. The summed E-state index contributed by atoms with van der Waals surface area (Å²) in [6, 6.07) is 116. The maximum atomic E-state index is 6.29. The summed E-state index contributed by atoms with van der Waals surface area (Å²) in [4.78, 5) is 30.8. The van der Waals surface area contributed by atoms with Crippen LogP contribution in [0.3, 0.4) is 0 Å². The molecule has 2 saturated carbocycles. The second-order valence-corrected chi connectivity index (χ2v) is 30.2. The van der Waals surface area contributed by atoms with Crippen molar-refractivity contribution in [2.45, 2.75) is 75.0 Å². The zero-order valence-corrected chi connectivity index (χ0v) is 60.7. The van der Waals surface area contributed by atoms with Crippen molar-refractivity contribution in [2.24, 2.45) is 0 Å². The van der Waals surface area contributed by atoms with E-state index in [1.807, 2.05) is 60.7 Å². The molecule has 110 heavy (non-hydrogen) atoms. The van der Waals surface area contributed by atoms with Crippen molar-refractivity contribution in [3.05, 3.63) is 350 Å². The molecule has 4 aromatic heterocycles. The van der Waals surface area contributed by atoms with Crippen molar-refractivity contribution < 1.29 is 8.83 Å². The number of furan rings is 2. The summed E-state index contributed by atoms with van der Waals surface area (Å²) < 4.78 is 12.5. The highest BCUT2D eigenvalue weighted by molar-refractivity contribution is 6.07. The van der Waals surface area contributed by atoms with Crippen LogP contribution >= 0.6 is 0 Å². The van der Waals surface area contributed by atoms with Crippen molar-refractivity contribution in [1.29, 1.82) is 0 Å². The van der Waals surface area contributed by atoms with Crippen LogP contribution in [0.2, 0.25) is 0 Å². The molecule has 0 radical (unpaired) electrons. The van der Waals surface area contributed by atoms with Gasteiger partial charge in [0.15, 0.2) is 34.9 Å². The Balaban J connectivity index is 0.000000140. The Kier molecular flexibility index (Phi) is 15.9. The predicted molar refractivity (Wildman–Crippen MR) is 447 cm³/mol. The summed E-state index contributed by atoms with van der Waals surface area (Å²) in [5.74, 6) is 3.75. The van der Waals surface area contributed by atoms with Crippen LogP contribution in [0.25, 0.3) is 179 Å². The molecule has 0 aliphatic heterocycles. The first kappa shape index (κ1) is 65.0. The lowest BCUT2D eigenvalue weighted by Crippen LogP contribution is -2.27. The first-order chi connectivity index (χ1) is 54.4. The topological polar surface area (TPSA) is 104 Å². The third-order valence-corrected chi connectivity index (χ3v) is 23.9. The largest absolute Gasteiger partial charge is 0.456 e. The van der Waals surface area contributed by atoms with E-state index in [0.717, 1.165) is 105 Å². The van der Waals surface area contributed by atoms with Crippen LogP contribution in [-0.4, -0.2) is 29.9 Å². The van der Waals surface area contributed by atoms with Gasteiger partial charge in [-0.15, -0.1) is 0 Å². The third-order valence-electron chi connectivity index (χ3n) is 23.9. The molecule has 524 valence electrons. The Hall–Kier alpha value is -13.3. The lowest BCUT2D eigenvalue weighted by atomic mass is 9.68. The monoisotopic (exact) mass is 1410 g/mol. The molecule has 4 aliphatic carbocycles. The molecule has 0 amide bonds. The SMILES string of the molecule is c1ccc(-c2ccc(-c3nc(-c4cccc(-c5ccc6c(c5)-c5ccccc5C65CCCCC5)c4)nc(-c4ccc5oc6ccccc6c5c4)n3)cc2)cc1.c1ccc(-c2cccc(-c3nc(-c4cccc(-c5ccc6c(c5)-c5ccccc5C65CCCCC5)c4)nc(-c4ccc5c(c4)oc4ccccc45)n3)c2)cc1. The summed E-state index contributed by atoms with van der Waals surface area (Å²) in [7, 11) is 0. The highest BCUT2D eigenvalue weighted by Gasteiger charge is 2.45. The van der Waals surface area contributed by atoms with E-state index in [0.29, 0.717) is 34.9 Å². The molecule has 4 heterocycles. The van der Waals surface area contributed by atoms with E-state index in [-0.39, 0.29) is 10.8 Å². The minimum absolute atomic E-state index is 0.144. The first-order valence-corrected chi connectivity index (χ1v) is 38.8. The third kappa shape index (κ3) is 11.3. The number of benzene rings is 14. The van der Waals surface area contributed by atoms with Gasteiger partial charge in [0.1, 0.15) is 22.3 Å². The molecule has 0 N–H and O–H groups in total. The van der Waals surface area contributed by atoms with E-state index in [9.17, 15) is 0 Å². The second kappa shape index (κ2) is 26.9. The molecule has 4 aliphatic rings. The number of aromatic nitrogens is 6. The van der Waals surface area contributed by atoms with Crippen LogP contribution in [0.4, 0.5) is 0 Å². The van der Waals surface area contributed by atoms with E-state index in [1.165, 1.54) is 125 Å². The smallest absolute Gasteiger partial charge is 0.164 e. The molecule has 2 fully saturated rings. The van der Waals surface area contributed by atoms with Gasteiger partial charge in [-0.3, -0.25) is 0 Å². The van der Waals surface area contributed by atoms with Gasteiger partial charge in [-0.1, -0.05) is 293 Å². The number of fused-ring (bicyclic) bond motifs is 16. The van der Waals surface area contributed by atoms with Crippen molar-refractivity contribution >= 4 is 43.9 Å². The predicted octanol–water partition coefficient (Wildman–Crippen LogP) is 26.7. The maximum absolute atomic E-state index is 6.29. The number of rotatable bonds is 10. The van der Waals surface area contributed by atoms with Crippen molar-refractivity contribution in [2.75, 3.05) is 0 Å². The number of nitrogens with zero attached hydrogens (tertiary/aromatic N) is 6. The van der Waals surface area contributed by atoms with Gasteiger partial charge >= 0.3 is 0 Å². The van der Waals surface area contributed by atoms with Gasteiger partial charge in [0.25, 0.3) is 0 Å². The molecule has 18 aromatic rings. The van der Waals surface area contributed by atoms with Crippen LogP contribution in [-0.2, 0) is 10.8 Å². The minimum atomic E-state index is 0.144. The lowest BCUT2D eigenvalue weighted by molar-refractivity contribution is 0.353. The second-order valence-electron chi connectivity index (χ2n) is 30.2. The summed E-state index contributed by atoms with van der Waals surface area (Å²) >= 11 is 0. The van der Waals surface area contributed by atoms with Crippen LogP contribution in [0.5, 0.6) is 0 Å². The molecule has 0 atom stereocenters. The quantitative estimate of drug-likeness (QED) is 0.133. The fourth-order valence-electron chi connectivity index (χ4n) is 18.5.